The molecule has 0 bridgehead atoms. The summed E-state index contributed by atoms with van der Waals surface area (Å²) in [4.78, 5) is 27.4. The zero-order valence-electron chi connectivity index (χ0n) is 18.2. The zero-order chi connectivity index (χ0) is 22.0. The van der Waals surface area contributed by atoms with Crippen LogP contribution in [0.1, 0.15) is 50.4 Å². The third-order valence-corrected chi connectivity index (χ3v) is 5.83. The highest BCUT2D eigenvalue weighted by atomic mass is 16.2. The second kappa shape index (κ2) is 8.76. The summed E-state index contributed by atoms with van der Waals surface area (Å²) in [6, 6.07) is 15.8. The van der Waals surface area contributed by atoms with Gasteiger partial charge in [0.25, 0.3) is 11.8 Å². The van der Waals surface area contributed by atoms with Gasteiger partial charge in [-0.3, -0.25) is 14.7 Å². The molecule has 3 aromatic rings. The molecule has 0 unspecified atom stereocenters. The van der Waals surface area contributed by atoms with Gasteiger partial charge in [-0.2, -0.15) is 5.10 Å². The molecule has 1 saturated heterocycles. The summed E-state index contributed by atoms with van der Waals surface area (Å²) < 4.78 is 0. The van der Waals surface area contributed by atoms with Crippen LogP contribution in [-0.4, -0.2) is 46.0 Å². The monoisotopic (exact) mass is 416 g/mol. The van der Waals surface area contributed by atoms with E-state index in [1.807, 2.05) is 68.1 Å². The first-order valence-electron chi connectivity index (χ1n) is 10.7. The minimum absolute atomic E-state index is 0.0481. The molecular formula is C25H28N4O2. The first-order valence-corrected chi connectivity index (χ1v) is 10.7. The Labute approximate surface area is 182 Å². The third kappa shape index (κ3) is 4.68. The molecule has 1 aromatic heterocycles. The van der Waals surface area contributed by atoms with Crippen molar-refractivity contribution in [3.63, 3.8) is 0 Å². The quantitative estimate of drug-likeness (QED) is 0.674. The van der Waals surface area contributed by atoms with Crippen LogP contribution < -0.4 is 5.32 Å². The lowest BCUT2D eigenvalue weighted by Gasteiger charge is -2.32. The number of H-pyrrole nitrogens is 1. The molecule has 4 rings (SSSR count). The van der Waals surface area contributed by atoms with Gasteiger partial charge in [0.2, 0.25) is 0 Å². The largest absolute Gasteiger partial charge is 0.349 e. The lowest BCUT2D eigenvalue weighted by molar-refractivity contribution is 0.0692. The molecule has 1 aliphatic rings. The van der Waals surface area contributed by atoms with Crippen molar-refractivity contribution >= 4 is 11.8 Å². The highest BCUT2D eigenvalue weighted by Gasteiger charge is 2.26. The van der Waals surface area contributed by atoms with E-state index >= 15 is 0 Å². The van der Waals surface area contributed by atoms with Gasteiger partial charge in [-0.1, -0.05) is 41.5 Å². The topological polar surface area (TPSA) is 78.1 Å². The highest BCUT2D eigenvalue weighted by Crippen LogP contribution is 2.23. The fourth-order valence-corrected chi connectivity index (χ4v) is 4.20. The molecular weight excluding hydrogens is 388 g/mol. The van der Waals surface area contributed by atoms with Gasteiger partial charge >= 0.3 is 0 Å². The van der Waals surface area contributed by atoms with E-state index in [4.69, 9.17) is 0 Å². The number of carbonyl (C=O) groups is 2. The maximum absolute atomic E-state index is 12.9. The summed E-state index contributed by atoms with van der Waals surface area (Å²) in [5, 5.41) is 10.4. The van der Waals surface area contributed by atoms with Crippen molar-refractivity contribution in [3.8, 4) is 11.3 Å². The molecule has 2 heterocycles. The average Bonchev–Trinajstić information content (AvgIpc) is 3.23. The van der Waals surface area contributed by atoms with E-state index in [2.05, 4.69) is 21.6 Å². The van der Waals surface area contributed by atoms with Crippen LogP contribution in [-0.2, 0) is 0 Å². The van der Waals surface area contributed by atoms with Gasteiger partial charge in [0.1, 0.15) is 5.69 Å². The maximum atomic E-state index is 12.9. The average molecular weight is 417 g/mol. The molecule has 6 heteroatoms. The minimum Gasteiger partial charge on any atom is -0.349 e. The molecule has 0 radical (unpaired) electrons. The van der Waals surface area contributed by atoms with Crippen LogP contribution in [0.5, 0.6) is 0 Å². The van der Waals surface area contributed by atoms with Crippen LogP contribution >= 0.6 is 0 Å². The van der Waals surface area contributed by atoms with Crippen LogP contribution in [0.15, 0.2) is 48.5 Å². The predicted molar refractivity (Wildman–Crippen MR) is 121 cm³/mol. The number of hydrogen-bond donors (Lipinski definition) is 2. The minimum atomic E-state index is -0.0496. The van der Waals surface area contributed by atoms with E-state index in [1.165, 1.54) is 0 Å². The summed E-state index contributed by atoms with van der Waals surface area (Å²) in [7, 11) is 0. The van der Waals surface area contributed by atoms with E-state index in [9.17, 15) is 9.59 Å². The Balaban J connectivity index is 1.35. The number of nitrogens with one attached hydrogen (secondary N) is 2. The number of amides is 2. The number of nitrogens with zero attached hydrogens (tertiary/aromatic N) is 2. The van der Waals surface area contributed by atoms with Crippen molar-refractivity contribution < 1.29 is 9.59 Å². The third-order valence-electron chi connectivity index (χ3n) is 5.83. The predicted octanol–water partition coefficient (Wildman–Crippen LogP) is 4.04. The van der Waals surface area contributed by atoms with Crippen molar-refractivity contribution in [1.29, 1.82) is 0 Å². The number of carbonyl (C=O) groups excluding carboxylic acids is 2. The molecule has 0 aliphatic carbocycles. The molecule has 160 valence electrons. The maximum Gasteiger partial charge on any atom is 0.271 e. The number of aromatic nitrogens is 2. The van der Waals surface area contributed by atoms with E-state index in [0.29, 0.717) is 24.3 Å². The molecule has 1 aliphatic heterocycles. The van der Waals surface area contributed by atoms with E-state index in [0.717, 1.165) is 40.8 Å². The Bertz CT molecular complexity index is 1090. The lowest BCUT2D eigenvalue weighted by Crippen LogP contribution is -2.46. The van der Waals surface area contributed by atoms with Crippen LogP contribution in [0, 0.1) is 20.8 Å². The zero-order valence-corrected chi connectivity index (χ0v) is 18.2. The van der Waals surface area contributed by atoms with Crippen molar-refractivity contribution in [2.24, 2.45) is 0 Å². The van der Waals surface area contributed by atoms with Gasteiger partial charge in [0, 0.05) is 30.3 Å². The van der Waals surface area contributed by atoms with Crippen LogP contribution in [0.25, 0.3) is 11.3 Å². The SMILES string of the molecule is Cc1cc(C)cc(C(=O)NC2CCN(C(=O)c3cc(-c4ccccc4C)n[nH]3)CC2)c1. The molecule has 1 fully saturated rings. The van der Waals surface area contributed by atoms with Crippen molar-refractivity contribution in [2.75, 3.05) is 13.1 Å². The van der Waals surface area contributed by atoms with Gasteiger partial charge in [-0.05, 0) is 57.4 Å². The highest BCUT2D eigenvalue weighted by molar-refractivity contribution is 5.95. The summed E-state index contributed by atoms with van der Waals surface area (Å²) in [6.45, 7) is 7.23. The van der Waals surface area contributed by atoms with Crippen LogP contribution in [0.4, 0.5) is 0 Å². The fourth-order valence-electron chi connectivity index (χ4n) is 4.20. The van der Waals surface area contributed by atoms with E-state index in [1.54, 1.807) is 0 Å². The summed E-state index contributed by atoms with van der Waals surface area (Å²) in [5.74, 6) is -0.0977. The number of aryl methyl sites for hydroxylation is 3. The number of likely N-dealkylation sites (tertiary alicyclic amines) is 1. The van der Waals surface area contributed by atoms with Crippen molar-refractivity contribution in [1.82, 2.24) is 20.4 Å². The second-order valence-electron chi connectivity index (χ2n) is 8.40. The number of benzene rings is 2. The Morgan fingerprint density at radius 2 is 1.68 bits per heavy atom. The van der Waals surface area contributed by atoms with Crippen molar-refractivity contribution in [2.45, 2.75) is 39.7 Å². The summed E-state index contributed by atoms with van der Waals surface area (Å²) >= 11 is 0. The molecule has 31 heavy (non-hydrogen) atoms. The molecule has 2 aromatic carbocycles. The molecule has 2 N–H and O–H groups in total. The molecule has 6 nitrogen and oxygen atoms in total. The lowest BCUT2D eigenvalue weighted by atomic mass is 10.0. The van der Waals surface area contributed by atoms with Crippen LogP contribution in [0.2, 0.25) is 0 Å². The molecule has 0 spiro atoms. The Morgan fingerprint density at radius 3 is 2.35 bits per heavy atom. The van der Waals surface area contributed by atoms with E-state index in [-0.39, 0.29) is 17.9 Å². The fraction of sp³-hybridized carbons (Fsp3) is 0.320. The van der Waals surface area contributed by atoms with Crippen molar-refractivity contribution in [3.05, 3.63) is 76.5 Å². The normalized spacial score (nSPS) is 14.5. The number of hydrogen-bond acceptors (Lipinski definition) is 3. The van der Waals surface area contributed by atoms with Gasteiger partial charge in [0.15, 0.2) is 0 Å². The van der Waals surface area contributed by atoms with Gasteiger partial charge in [0.05, 0.1) is 5.69 Å². The molecule has 0 atom stereocenters. The molecule has 2 amide bonds. The number of aromatic amines is 1. The van der Waals surface area contributed by atoms with Gasteiger partial charge < -0.3 is 10.2 Å². The first kappa shape index (κ1) is 20.8. The molecule has 0 saturated carbocycles. The van der Waals surface area contributed by atoms with Gasteiger partial charge in [-0.15, -0.1) is 0 Å². The second-order valence-corrected chi connectivity index (χ2v) is 8.40. The van der Waals surface area contributed by atoms with E-state index < -0.39 is 0 Å². The Morgan fingerprint density at radius 1 is 1.00 bits per heavy atom. The summed E-state index contributed by atoms with van der Waals surface area (Å²) in [6.07, 6.45) is 1.47. The summed E-state index contributed by atoms with van der Waals surface area (Å²) in [5.41, 5.74) is 6.26. The Kier molecular flexibility index (Phi) is 5.89. The van der Waals surface area contributed by atoms with Crippen LogP contribution in [0.3, 0.4) is 0 Å². The first-order chi connectivity index (χ1) is 14.9. The standard InChI is InChI=1S/C25H28N4O2/c1-16-12-17(2)14-19(13-16)24(30)26-20-8-10-29(11-9-20)25(31)23-15-22(27-28-23)21-7-5-4-6-18(21)3/h4-7,12-15,20H,8-11H2,1-3H3,(H,26,30)(H,27,28). The number of piperidine rings is 1. The number of rotatable bonds is 4. The van der Waals surface area contributed by atoms with Gasteiger partial charge in [-0.25, -0.2) is 0 Å². The Hall–Kier alpha value is -3.41. The smallest absolute Gasteiger partial charge is 0.271 e.